The van der Waals surface area contributed by atoms with Gasteiger partial charge in [-0.2, -0.15) is 5.10 Å². The molecule has 0 amide bonds. The molecule has 108 valence electrons. The van der Waals surface area contributed by atoms with E-state index >= 15 is 0 Å². The minimum atomic E-state index is 0.486. The van der Waals surface area contributed by atoms with E-state index in [1.807, 2.05) is 24.1 Å². The number of hydrogen-bond donors (Lipinski definition) is 0. The van der Waals surface area contributed by atoms with Gasteiger partial charge in [0.2, 0.25) is 0 Å². The number of rotatable bonds is 3. The van der Waals surface area contributed by atoms with Crippen LogP contribution in [0.3, 0.4) is 0 Å². The fraction of sp³-hybridized carbons (Fsp3) is 0.600. The van der Waals surface area contributed by atoms with Crippen LogP contribution in [0.25, 0.3) is 0 Å². The van der Waals surface area contributed by atoms with Crippen LogP contribution in [-0.2, 0) is 20.6 Å². The van der Waals surface area contributed by atoms with Crippen molar-refractivity contribution in [2.24, 2.45) is 14.1 Å². The summed E-state index contributed by atoms with van der Waals surface area (Å²) in [6.45, 7) is 6.36. The molecular formula is C15H23N5. The molecule has 0 aliphatic carbocycles. The summed E-state index contributed by atoms with van der Waals surface area (Å²) < 4.78 is 4.11. The van der Waals surface area contributed by atoms with E-state index in [4.69, 9.17) is 0 Å². The Balaban J connectivity index is 1.87. The van der Waals surface area contributed by atoms with Gasteiger partial charge in [-0.15, -0.1) is 0 Å². The fourth-order valence-corrected chi connectivity index (χ4v) is 3.35. The molecular weight excluding hydrogens is 250 g/mol. The molecule has 3 rings (SSSR count). The highest BCUT2D eigenvalue weighted by molar-refractivity contribution is 5.29. The number of likely N-dealkylation sites (tertiary alicyclic amines) is 1. The largest absolute Gasteiger partial charge is 0.337 e. The summed E-state index contributed by atoms with van der Waals surface area (Å²) >= 11 is 0. The molecule has 1 atom stereocenters. The van der Waals surface area contributed by atoms with Gasteiger partial charge in [-0.3, -0.25) is 9.58 Å². The van der Waals surface area contributed by atoms with Crippen LogP contribution in [0, 0.1) is 13.8 Å². The maximum absolute atomic E-state index is 4.57. The number of imidazole rings is 1. The fourth-order valence-electron chi connectivity index (χ4n) is 3.35. The molecule has 0 bridgehead atoms. The first kappa shape index (κ1) is 13.4. The third kappa shape index (κ3) is 2.16. The molecule has 5 nitrogen and oxygen atoms in total. The van der Waals surface area contributed by atoms with Crippen molar-refractivity contribution in [3.8, 4) is 0 Å². The summed E-state index contributed by atoms with van der Waals surface area (Å²) in [5.74, 6) is 1.14. The van der Waals surface area contributed by atoms with E-state index in [9.17, 15) is 0 Å². The molecule has 3 heterocycles. The molecule has 1 saturated heterocycles. The van der Waals surface area contributed by atoms with Gasteiger partial charge in [0.25, 0.3) is 0 Å². The quantitative estimate of drug-likeness (QED) is 0.859. The average Bonchev–Trinajstić information content (AvgIpc) is 3.06. The smallest absolute Gasteiger partial charge is 0.122 e. The van der Waals surface area contributed by atoms with Crippen LogP contribution in [0.5, 0.6) is 0 Å². The van der Waals surface area contributed by atoms with E-state index in [0.29, 0.717) is 6.04 Å². The van der Waals surface area contributed by atoms with Gasteiger partial charge >= 0.3 is 0 Å². The van der Waals surface area contributed by atoms with Crippen molar-refractivity contribution in [1.29, 1.82) is 0 Å². The lowest BCUT2D eigenvalue weighted by atomic mass is 10.0. The van der Waals surface area contributed by atoms with Gasteiger partial charge in [0.1, 0.15) is 5.82 Å². The highest BCUT2D eigenvalue weighted by Gasteiger charge is 2.30. The van der Waals surface area contributed by atoms with Crippen molar-refractivity contribution in [1.82, 2.24) is 24.2 Å². The van der Waals surface area contributed by atoms with E-state index in [1.165, 1.54) is 29.8 Å². The second kappa shape index (κ2) is 5.05. The Morgan fingerprint density at radius 3 is 2.70 bits per heavy atom. The second-order valence-corrected chi connectivity index (χ2v) is 5.79. The van der Waals surface area contributed by atoms with E-state index in [-0.39, 0.29) is 0 Å². The van der Waals surface area contributed by atoms with Crippen LogP contribution >= 0.6 is 0 Å². The molecule has 1 fully saturated rings. The highest BCUT2D eigenvalue weighted by atomic mass is 15.3. The maximum atomic E-state index is 4.57. The Kier molecular flexibility index (Phi) is 3.38. The predicted octanol–water partition coefficient (Wildman–Crippen LogP) is 2.11. The van der Waals surface area contributed by atoms with Crippen LogP contribution in [0.15, 0.2) is 12.4 Å². The third-order valence-electron chi connectivity index (χ3n) is 4.53. The van der Waals surface area contributed by atoms with Crippen LogP contribution in [0.2, 0.25) is 0 Å². The monoisotopic (exact) mass is 273 g/mol. The zero-order valence-corrected chi connectivity index (χ0v) is 12.8. The predicted molar refractivity (Wildman–Crippen MR) is 78.3 cm³/mol. The lowest BCUT2D eigenvalue weighted by Crippen LogP contribution is -2.25. The average molecular weight is 273 g/mol. The molecule has 1 aliphatic heterocycles. The van der Waals surface area contributed by atoms with Crippen LogP contribution in [0.1, 0.15) is 41.7 Å². The van der Waals surface area contributed by atoms with E-state index in [2.05, 4.69) is 40.4 Å². The zero-order valence-electron chi connectivity index (χ0n) is 12.8. The number of hydrogen-bond acceptors (Lipinski definition) is 3. The topological polar surface area (TPSA) is 38.9 Å². The van der Waals surface area contributed by atoms with Gasteiger partial charge in [0.15, 0.2) is 0 Å². The normalized spacial score (nSPS) is 19.9. The van der Waals surface area contributed by atoms with Crippen molar-refractivity contribution < 1.29 is 0 Å². The second-order valence-electron chi connectivity index (χ2n) is 5.79. The van der Waals surface area contributed by atoms with Gasteiger partial charge in [-0.05, 0) is 33.2 Å². The molecule has 5 heteroatoms. The summed E-state index contributed by atoms with van der Waals surface area (Å²) in [6, 6.07) is 0.486. The third-order valence-corrected chi connectivity index (χ3v) is 4.53. The SMILES string of the molecule is Cc1nn(C)c(C)c1C1CCCN1Cc1nccn1C. The molecule has 0 saturated carbocycles. The Hall–Kier alpha value is -1.62. The first-order valence-electron chi connectivity index (χ1n) is 7.28. The summed E-state index contributed by atoms with van der Waals surface area (Å²) in [5, 5.41) is 4.57. The van der Waals surface area contributed by atoms with Crippen LogP contribution < -0.4 is 0 Å². The first-order chi connectivity index (χ1) is 9.58. The van der Waals surface area contributed by atoms with Crippen molar-refractivity contribution in [2.45, 2.75) is 39.3 Å². The van der Waals surface area contributed by atoms with Crippen LogP contribution in [0.4, 0.5) is 0 Å². The van der Waals surface area contributed by atoms with Crippen molar-refractivity contribution in [2.75, 3.05) is 6.54 Å². The molecule has 0 spiro atoms. The lowest BCUT2D eigenvalue weighted by Gasteiger charge is -2.24. The van der Waals surface area contributed by atoms with E-state index < -0.39 is 0 Å². The lowest BCUT2D eigenvalue weighted by molar-refractivity contribution is 0.238. The highest BCUT2D eigenvalue weighted by Crippen LogP contribution is 2.36. The Labute approximate surface area is 120 Å². The molecule has 1 aliphatic rings. The standard InChI is InChI=1S/C15H23N5/c1-11-15(12(2)19(4)17-11)13-6-5-8-20(13)10-14-16-7-9-18(14)3/h7,9,13H,5-6,8,10H2,1-4H3. The van der Waals surface area contributed by atoms with Crippen molar-refractivity contribution in [3.63, 3.8) is 0 Å². The molecule has 0 aromatic carbocycles. The Bertz CT molecular complexity index is 610. The Morgan fingerprint density at radius 1 is 1.30 bits per heavy atom. The molecule has 2 aromatic heterocycles. The summed E-state index contributed by atoms with van der Waals surface area (Å²) in [5.41, 5.74) is 3.88. The minimum Gasteiger partial charge on any atom is -0.337 e. The molecule has 2 aromatic rings. The molecule has 0 N–H and O–H groups in total. The summed E-state index contributed by atoms with van der Waals surface area (Å²) in [7, 11) is 4.10. The first-order valence-corrected chi connectivity index (χ1v) is 7.28. The van der Waals surface area contributed by atoms with Gasteiger partial charge in [-0.1, -0.05) is 0 Å². The van der Waals surface area contributed by atoms with Gasteiger partial charge in [-0.25, -0.2) is 4.98 Å². The zero-order chi connectivity index (χ0) is 14.3. The Morgan fingerprint density at radius 2 is 2.10 bits per heavy atom. The summed E-state index contributed by atoms with van der Waals surface area (Å²) in [4.78, 5) is 7.00. The minimum absolute atomic E-state index is 0.486. The number of nitrogens with zero attached hydrogens (tertiary/aromatic N) is 5. The van der Waals surface area contributed by atoms with Crippen molar-refractivity contribution >= 4 is 0 Å². The van der Waals surface area contributed by atoms with E-state index in [0.717, 1.165) is 18.9 Å². The molecule has 0 radical (unpaired) electrons. The van der Waals surface area contributed by atoms with E-state index in [1.54, 1.807) is 0 Å². The van der Waals surface area contributed by atoms with Gasteiger partial charge in [0, 0.05) is 43.8 Å². The van der Waals surface area contributed by atoms with Gasteiger partial charge < -0.3 is 4.57 Å². The number of aryl methyl sites for hydroxylation is 3. The van der Waals surface area contributed by atoms with Crippen LogP contribution in [-0.4, -0.2) is 30.8 Å². The summed E-state index contributed by atoms with van der Waals surface area (Å²) in [6.07, 6.45) is 6.36. The number of aromatic nitrogens is 4. The maximum Gasteiger partial charge on any atom is 0.122 e. The molecule has 20 heavy (non-hydrogen) atoms. The van der Waals surface area contributed by atoms with Gasteiger partial charge in [0.05, 0.1) is 12.2 Å². The van der Waals surface area contributed by atoms with Crippen molar-refractivity contribution in [3.05, 3.63) is 35.2 Å². The molecule has 1 unspecified atom stereocenters.